The Hall–Kier alpha value is -4.44. The van der Waals surface area contributed by atoms with E-state index in [4.69, 9.17) is 0 Å². The van der Waals surface area contributed by atoms with E-state index in [0.717, 1.165) is 27.6 Å². The van der Waals surface area contributed by atoms with E-state index in [1.165, 1.54) is 12.1 Å². The summed E-state index contributed by atoms with van der Waals surface area (Å²) in [6.07, 6.45) is 0. The lowest BCUT2D eigenvalue weighted by molar-refractivity contribution is -0.384. The summed E-state index contributed by atoms with van der Waals surface area (Å²) in [6.45, 7) is -0.264. The molecular weight excluding hydrogens is 516 g/mol. The minimum Gasteiger partial charge on any atom is -0.258 e. The molecule has 4 rings (SSSR count). The number of hydrogen-bond acceptors (Lipinski definition) is 5. The van der Waals surface area contributed by atoms with Gasteiger partial charge in [-0.25, -0.2) is 8.42 Å². The van der Waals surface area contributed by atoms with Crippen molar-refractivity contribution in [2.24, 2.45) is 0 Å². The predicted molar refractivity (Wildman–Crippen MR) is 150 cm³/mol. The average Bonchev–Trinajstić information content (AvgIpc) is 2.92. The zero-order valence-electron chi connectivity index (χ0n) is 20.1. The van der Waals surface area contributed by atoms with Crippen LogP contribution in [0.1, 0.15) is 22.3 Å². The Morgan fingerprint density at radius 1 is 0.684 bits per heavy atom. The maximum atomic E-state index is 13.5. The first-order chi connectivity index (χ1) is 18.4. The fraction of sp³-hybridized carbons (Fsp3) is 0.133. The number of benzene rings is 3. The van der Waals surface area contributed by atoms with Gasteiger partial charge in [0, 0.05) is 34.4 Å². The van der Waals surface area contributed by atoms with Gasteiger partial charge in [0.15, 0.2) is 0 Å². The van der Waals surface area contributed by atoms with Gasteiger partial charge in [0.25, 0.3) is 5.69 Å². The first kappa shape index (κ1) is 26.6. The van der Waals surface area contributed by atoms with Crippen LogP contribution in [0.2, 0.25) is 0 Å². The Morgan fingerprint density at radius 2 is 1.11 bits per heavy atom. The molecule has 186 valence electrons. The van der Waals surface area contributed by atoms with Crippen LogP contribution in [0, 0.1) is 57.5 Å². The highest BCUT2D eigenvalue weighted by atomic mass is 32.2. The summed E-state index contributed by atoms with van der Waals surface area (Å²) < 4.78 is 28.1. The SMILES string of the molecule is O=[N+]([O-])c1ccc(S(=O)(=O)N2CC#Cc3ccccc3C#CCSCC#Cc3ccccc3C#CC2)cc1. The van der Waals surface area contributed by atoms with Crippen molar-refractivity contribution in [1.82, 2.24) is 4.31 Å². The van der Waals surface area contributed by atoms with Gasteiger partial charge in [-0.1, -0.05) is 71.6 Å². The van der Waals surface area contributed by atoms with E-state index < -0.39 is 14.9 Å². The zero-order chi connectivity index (χ0) is 26.8. The number of nitro groups is 1. The van der Waals surface area contributed by atoms with Crippen LogP contribution >= 0.6 is 11.8 Å². The van der Waals surface area contributed by atoms with Gasteiger partial charge in [0.05, 0.1) is 34.4 Å². The lowest BCUT2D eigenvalue weighted by Gasteiger charge is -2.17. The Morgan fingerprint density at radius 3 is 1.53 bits per heavy atom. The van der Waals surface area contributed by atoms with Gasteiger partial charge in [-0.15, -0.1) is 11.8 Å². The first-order valence-electron chi connectivity index (χ1n) is 11.4. The molecule has 1 aliphatic rings. The number of thioether (sulfide) groups is 1. The molecule has 0 atom stereocenters. The van der Waals surface area contributed by atoms with Crippen LogP contribution < -0.4 is 0 Å². The summed E-state index contributed by atoms with van der Waals surface area (Å²) in [5.74, 6) is 25.7. The molecule has 0 radical (unpaired) electrons. The van der Waals surface area contributed by atoms with Gasteiger partial charge in [-0.05, 0) is 36.4 Å². The standard InChI is InChI=1S/C30H20N2O4S2/c33-32(34)29-17-19-30(20-18-29)38(35,36)31-21-5-13-25-9-1-3-11-27(25)15-7-23-37-24-8-16-28-12-4-2-10-26(28)14-6-22-31/h1-4,9-12,17-20H,21-24H2. The molecule has 0 N–H and O–H groups in total. The molecule has 0 aliphatic carbocycles. The second-order valence-electron chi connectivity index (χ2n) is 7.82. The third-order valence-corrected chi connectivity index (χ3v) is 7.79. The smallest absolute Gasteiger partial charge is 0.258 e. The molecular formula is C30H20N2O4S2. The van der Waals surface area contributed by atoms with Gasteiger partial charge in [-0.2, -0.15) is 4.31 Å². The van der Waals surface area contributed by atoms with Crippen LogP contribution in [0.15, 0.2) is 77.7 Å². The maximum absolute atomic E-state index is 13.5. The normalized spacial score (nSPS) is 13.6. The molecule has 0 unspecified atom stereocenters. The highest BCUT2D eigenvalue weighted by Gasteiger charge is 2.24. The average molecular weight is 537 g/mol. The highest BCUT2D eigenvalue weighted by molar-refractivity contribution is 7.99. The van der Waals surface area contributed by atoms with E-state index in [0.29, 0.717) is 22.6 Å². The molecule has 0 saturated carbocycles. The van der Waals surface area contributed by atoms with Crippen LogP contribution in [0.5, 0.6) is 0 Å². The molecule has 6 nitrogen and oxygen atoms in total. The van der Waals surface area contributed by atoms with Crippen molar-refractivity contribution in [1.29, 1.82) is 0 Å². The lowest BCUT2D eigenvalue weighted by Crippen LogP contribution is -2.32. The third kappa shape index (κ3) is 6.86. The molecule has 0 aromatic heterocycles. The molecule has 8 heteroatoms. The summed E-state index contributed by atoms with van der Waals surface area (Å²) in [7, 11) is -4.04. The van der Waals surface area contributed by atoms with Crippen molar-refractivity contribution < 1.29 is 13.3 Å². The summed E-state index contributed by atoms with van der Waals surface area (Å²) in [5.41, 5.74) is 2.70. The van der Waals surface area contributed by atoms with E-state index in [2.05, 4.69) is 47.4 Å². The molecule has 1 heterocycles. The number of nitro benzene ring substituents is 1. The number of nitrogens with zero attached hydrogens (tertiary/aromatic N) is 2. The van der Waals surface area contributed by atoms with E-state index in [1.807, 2.05) is 48.5 Å². The fourth-order valence-corrected chi connectivity index (χ4v) is 5.08. The quantitative estimate of drug-likeness (QED) is 0.286. The lowest BCUT2D eigenvalue weighted by atomic mass is 10.1. The van der Waals surface area contributed by atoms with E-state index in [1.54, 1.807) is 11.8 Å². The minimum absolute atomic E-state index is 0.0797. The predicted octanol–water partition coefficient (Wildman–Crippen LogP) is 4.14. The van der Waals surface area contributed by atoms with Crippen molar-refractivity contribution in [3.63, 3.8) is 0 Å². The molecule has 3 aromatic rings. The Bertz CT molecular complexity index is 1630. The molecule has 0 fully saturated rings. The topological polar surface area (TPSA) is 80.5 Å². The van der Waals surface area contributed by atoms with E-state index in [-0.39, 0.29) is 23.7 Å². The second-order valence-corrected chi connectivity index (χ2v) is 10.7. The van der Waals surface area contributed by atoms with Crippen molar-refractivity contribution in [3.8, 4) is 47.4 Å². The minimum atomic E-state index is -4.04. The molecule has 1 aliphatic heterocycles. The molecule has 0 bridgehead atoms. The van der Waals surface area contributed by atoms with Crippen molar-refractivity contribution in [3.05, 3.63) is 105 Å². The fourth-order valence-electron chi connectivity index (χ4n) is 3.38. The summed E-state index contributed by atoms with van der Waals surface area (Å²) in [6, 6.07) is 19.6. The van der Waals surface area contributed by atoms with Crippen LogP contribution in [0.4, 0.5) is 5.69 Å². The van der Waals surface area contributed by atoms with Gasteiger partial charge in [0.1, 0.15) is 0 Å². The zero-order valence-corrected chi connectivity index (χ0v) is 21.7. The van der Waals surface area contributed by atoms with E-state index >= 15 is 0 Å². The molecule has 0 saturated heterocycles. The number of non-ortho nitro benzene ring substituents is 1. The number of hydrogen-bond donors (Lipinski definition) is 0. The van der Waals surface area contributed by atoms with Crippen LogP contribution in [0.25, 0.3) is 0 Å². The van der Waals surface area contributed by atoms with Crippen LogP contribution in [-0.2, 0) is 10.0 Å². The Kier molecular flexibility index (Phi) is 8.89. The number of fused-ring (bicyclic) bond motifs is 2. The van der Waals surface area contributed by atoms with Crippen molar-refractivity contribution in [2.75, 3.05) is 24.6 Å². The maximum Gasteiger partial charge on any atom is 0.269 e. The summed E-state index contributed by atoms with van der Waals surface area (Å²) in [4.78, 5) is 10.3. The summed E-state index contributed by atoms with van der Waals surface area (Å²) in [5, 5.41) is 11.0. The number of sulfonamides is 1. The van der Waals surface area contributed by atoms with Gasteiger partial charge >= 0.3 is 0 Å². The number of rotatable bonds is 3. The van der Waals surface area contributed by atoms with Gasteiger partial charge < -0.3 is 0 Å². The second kappa shape index (κ2) is 12.7. The molecule has 0 spiro atoms. The Labute approximate surface area is 226 Å². The van der Waals surface area contributed by atoms with Crippen molar-refractivity contribution in [2.45, 2.75) is 4.90 Å². The largest absolute Gasteiger partial charge is 0.269 e. The first-order valence-corrected chi connectivity index (χ1v) is 14.0. The monoisotopic (exact) mass is 536 g/mol. The van der Waals surface area contributed by atoms with Gasteiger partial charge in [0.2, 0.25) is 10.0 Å². The molecule has 3 aromatic carbocycles. The van der Waals surface area contributed by atoms with E-state index in [9.17, 15) is 18.5 Å². The van der Waals surface area contributed by atoms with Crippen LogP contribution in [-0.4, -0.2) is 42.2 Å². The molecule has 0 amide bonds. The van der Waals surface area contributed by atoms with Gasteiger partial charge in [-0.3, -0.25) is 10.1 Å². The molecule has 38 heavy (non-hydrogen) atoms. The summed E-state index contributed by atoms with van der Waals surface area (Å²) >= 11 is 1.62. The Balaban J connectivity index is 1.74. The van der Waals surface area contributed by atoms with Crippen LogP contribution in [0.3, 0.4) is 0 Å². The highest BCUT2D eigenvalue weighted by Crippen LogP contribution is 2.19. The van der Waals surface area contributed by atoms with Crippen molar-refractivity contribution >= 4 is 27.5 Å². The third-order valence-electron chi connectivity index (χ3n) is 5.29.